The number of imidazole rings is 1. The van der Waals surface area contributed by atoms with Crippen molar-refractivity contribution in [2.45, 2.75) is 40.7 Å². The number of benzene rings is 1. The second-order valence-electron chi connectivity index (χ2n) is 8.71. The number of aryl methyl sites for hydroxylation is 1. The van der Waals surface area contributed by atoms with Gasteiger partial charge in [0.2, 0.25) is 11.7 Å². The third-order valence-corrected chi connectivity index (χ3v) is 4.77. The number of carbonyl (C=O) groups is 1. The van der Waals surface area contributed by atoms with Gasteiger partial charge in [0.1, 0.15) is 5.69 Å². The van der Waals surface area contributed by atoms with Crippen LogP contribution in [0.15, 0.2) is 43.6 Å². The van der Waals surface area contributed by atoms with Gasteiger partial charge in [-0.05, 0) is 53.2 Å². The van der Waals surface area contributed by atoms with Gasteiger partial charge in [0.25, 0.3) is 5.91 Å². The molecule has 0 spiro atoms. The third kappa shape index (κ3) is 4.76. The number of fused-ring (bicyclic) bond motifs is 1. The van der Waals surface area contributed by atoms with Crippen LogP contribution in [0.4, 0.5) is 0 Å². The van der Waals surface area contributed by atoms with Crippen LogP contribution in [-0.4, -0.2) is 25.4 Å². The van der Waals surface area contributed by atoms with E-state index in [2.05, 4.69) is 68.3 Å². The SMILES string of the molecule is C=Cc1cc(C(=O)NCc2ccc(C(=C)CC(C)(C)C)c(C)c2)nc2nc(O)cn12. The summed E-state index contributed by atoms with van der Waals surface area (Å²) in [7, 11) is 0. The first-order chi connectivity index (χ1) is 14.1. The minimum absolute atomic E-state index is 0.160. The highest BCUT2D eigenvalue weighted by Gasteiger charge is 2.15. The monoisotopic (exact) mass is 404 g/mol. The minimum atomic E-state index is -0.318. The second kappa shape index (κ2) is 8.14. The summed E-state index contributed by atoms with van der Waals surface area (Å²) in [6.07, 6.45) is 3.94. The minimum Gasteiger partial charge on any atom is -0.492 e. The lowest BCUT2D eigenvalue weighted by Crippen LogP contribution is -2.24. The topological polar surface area (TPSA) is 79.5 Å². The number of rotatable bonds is 6. The molecule has 0 saturated carbocycles. The third-order valence-electron chi connectivity index (χ3n) is 4.77. The Bertz CT molecular complexity index is 1140. The van der Waals surface area contributed by atoms with Crippen LogP contribution in [0.25, 0.3) is 17.4 Å². The standard InChI is InChI=1S/C24H28N4O2/c1-7-18-11-20(26-23-27-21(29)14-28(18)23)22(30)25-13-17-8-9-19(15(2)10-17)16(3)12-24(4,5)6/h7-11,14,29H,1,3,12-13H2,2,4-6H3,(H,25,30). The van der Waals surface area contributed by atoms with Crippen molar-refractivity contribution in [3.8, 4) is 5.88 Å². The Hall–Kier alpha value is -3.41. The zero-order chi connectivity index (χ0) is 22.1. The summed E-state index contributed by atoms with van der Waals surface area (Å²) in [4.78, 5) is 20.8. The zero-order valence-electron chi connectivity index (χ0n) is 18.0. The van der Waals surface area contributed by atoms with Crippen LogP contribution < -0.4 is 5.32 Å². The molecule has 0 unspecified atom stereocenters. The van der Waals surface area contributed by atoms with Crippen molar-refractivity contribution in [3.05, 3.63) is 71.7 Å². The summed E-state index contributed by atoms with van der Waals surface area (Å²) in [6.45, 7) is 17.0. The lowest BCUT2D eigenvalue weighted by atomic mass is 9.84. The predicted octanol–water partition coefficient (Wildman–Crippen LogP) is 4.77. The molecule has 6 heteroatoms. The summed E-state index contributed by atoms with van der Waals surface area (Å²) in [5, 5.41) is 12.5. The van der Waals surface area contributed by atoms with Gasteiger partial charge < -0.3 is 10.4 Å². The van der Waals surface area contributed by atoms with E-state index >= 15 is 0 Å². The van der Waals surface area contributed by atoms with Crippen molar-refractivity contribution in [1.29, 1.82) is 0 Å². The summed E-state index contributed by atoms with van der Waals surface area (Å²) in [5.41, 5.74) is 5.43. The largest absolute Gasteiger partial charge is 0.492 e. The van der Waals surface area contributed by atoms with Crippen molar-refractivity contribution in [2.75, 3.05) is 0 Å². The quantitative estimate of drug-likeness (QED) is 0.620. The maximum absolute atomic E-state index is 12.6. The molecule has 2 aromatic heterocycles. The van der Waals surface area contributed by atoms with Crippen molar-refractivity contribution in [1.82, 2.24) is 19.7 Å². The number of amides is 1. The smallest absolute Gasteiger partial charge is 0.270 e. The van der Waals surface area contributed by atoms with Gasteiger partial charge in [0, 0.05) is 6.54 Å². The molecule has 6 nitrogen and oxygen atoms in total. The summed E-state index contributed by atoms with van der Waals surface area (Å²) in [5.74, 6) is -0.235. The molecular formula is C24H28N4O2. The van der Waals surface area contributed by atoms with E-state index in [1.165, 1.54) is 6.20 Å². The van der Waals surface area contributed by atoms with Gasteiger partial charge in [-0.1, -0.05) is 52.1 Å². The lowest BCUT2D eigenvalue weighted by molar-refractivity contribution is 0.0946. The molecule has 0 saturated heterocycles. The lowest BCUT2D eigenvalue weighted by Gasteiger charge is -2.21. The molecule has 3 rings (SSSR count). The first-order valence-electron chi connectivity index (χ1n) is 9.85. The number of carbonyl (C=O) groups excluding carboxylic acids is 1. The van der Waals surface area contributed by atoms with E-state index in [4.69, 9.17) is 0 Å². The maximum atomic E-state index is 12.6. The van der Waals surface area contributed by atoms with E-state index in [9.17, 15) is 9.90 Å². The second-order valence-corrected chi connectivity index (χ2v) is 8.71. The van der Waals surface area contributed by atoms with E-state index in [0.29, 0.717) is 12.2 Å². The highest BCUT2D eigenvalue weighted by Crippen LogP contribution is 2.30. The summed E-state index contributed by atoms with van der Waals surface area (Å²) < 4.78 is 1.58. The van der Waals surface area contributed by atoms with Crippen molar-refractivity contribution in [2.24, 2.45) is 5.41 Å². The van der Waals surface area contributed by atoms with Gasteiger partial charge in [0.05, 0.1) is 11.9 Å². The van der Waals surface area contributed by atoms with Crippen LogP contribution in [0.1, 0.15) is 60.1 Å². The van der Waals surface area contributed by atoms with Crippen LogP contribution in [0, 0.1) is 12.3 Å². The molecule has 0 fully saturated rings. The van der Waals surface area contributed by atoms with Crippen molar-refractivity contribution < 1.29 is 9.90 Å². The molecule has 1 aromatic carbocycles. The molecule has 156 valence electrons. The average Bonchev–Trinajstić information content (AvgIpc) is 3.03. The highest BCUT2D eigenvalue weighted by molar-refractivity contribution is 5.93. The molecule has 0 aliphatic carbocycles. The van der Waals surface area contributed by atoms with Crippen molar-refractivity contribution in [3.63, 3.8) is 0 Å². The number of aromatic hydroxyl groups is 1. The van der Waals surface area contributed by atoms with E-state index in [1.54, 1.807) is 16.5 Å². The zero-order valence-corrected chi connectivity index (χ0v) is 18.0. The fourth-order valence-corrected chi connectivity index (χ4v) is 3.49. The molecular weight excluding hydrogens is 376 g/mol. The Morgan fingerprint density at radius 2 is 2.00 bits per heavy atom. The Morgan fingerprint density at radius 3 is 2.63 bits per heavy atom. The number of hydrogen-bond acceptors (Lipinski definition) is 4. The van der Waals surface area contributed by atoms with Gasteiger partial charge in [0.15, 0.2) is 0 Å². The average molecular weight is 405 g/mol. The van der Waals surface area contributed by atoms with Gasteiger partial charge in [-0.15, -0.1) is 0 Å². The van der Waals surface area contributed by atoms with Crippen molar-refractivity contribution >= 4 is 23.3 Å². The molecule has 0 radical (unpaired) electrons. The number of aromatic nitrogens is 3. The number of nitrogens with zero attached hydrogens (tertiary/aromatic N) is 3. The summed E-state index contributed by atoms with van der Waals surface area (Å²) in [6, 6.07) is 7.76. The van der Waals surface area contributed by atoms with E-state index < -0.39 is 0 Å². The number of allylic oxidation sites excluding steroid dienone is 1. The fraction of sp³-hybridized carbons (Fsp3) is 0.292. The predicted molar refractivity (Wildman–Crippen MR) is 120 cm³/mol. The molecule has 30 heavy (non-hydrogen) atoms. The molecule has 0 aliphatic rings. The Labute approximate surface area is 177 Å². The number of nitrogens with one attached hydrogen (secondary N) is 1. The Morgan fingerprint density at radius 1 is 1.27 bits per heavy atom. The molecule has 3 aromatic rings. The first-order valence-corrected chi connectivity index (χ1v) is 9.85. The van der Waals surface area contributed by atoms with Crippen LogP contribution >= 0.6 is 0 Å². The van der Waals surface area contributed by atoms with Crippen LogP contribution in [0.5, 0.6) is 5.88 Å². The van der Waals surface area contributed by atoms with Crippen LogP contribution in [-0.2, 0) is 6.54 Å². The van der Waals surface area contributed by atoms with Gasteiger partial charge in [-0.3, -0.25) is 9.20 Å². The van der Waals surface area contributed by atoms with Gasteiger partial charge in [-0.25, -0.2) is 4.98 Å². The Kier molecular flexibility index (Phi) is 5.78. The van der Waals surface area contributed by atoms with Crippen LogP contribution in [0.2, 0.25) is 0 Å². The first kappa shape index (κ1) is 21.3. The summed E-state index contributed by atoms with van der Waals surface area (Å²) >= 11 is 0. The molecule has 2 heterocycles. The van der Waals surface area contributed by atoms with Gasteiger partial charge >= 0.3 is 0 Å². The molecule has 0 bridgehead atoms. The fourth-order valence-electron chi connectivity index (χ4n) is 3.49. The van der Waals surface area contributed by atoms with Gasteiger partial charge in [-0.2, -0.15) is 4.98 Å². The maximum Gasteiger partial charge on any atom is 0.270 e. The normalized spacial score (nSPS) is 11.5. The van der Waals surface area contributed by atoms with E-state index in [-0.39, 0.29) is 28.7 Å². The van der Waals surface area contributed by atoms with Crippen LogP contribution in [0.3, 0.4) is 0 Å². The Balaban J connectivity index is 1.73. The highest BCUT2D eigenvalue weighted by atomic mass is 16.3. The molecule has 0 atom stereocenters. The molecule has 1 amide bonds. The number of hydrogen-bond donors (Lipinski definition) is 2. The molecule has 0 aliphatic heterocycles. The van der Waals surface area contributed by atoms with E-state index in [0.717, 1.165) is 28.7 Å². The molecule has 2 N–H and O–H groups in total. The van der Waals surface area contributed by atoms with E-state index in [1.807, 2.05) is 6.07 Å².